The van der Waals surface area contributed by atoms with Crippen LogP contribution in [-0.2, 0) is 14.3 Å². The summed E-state index contributed by atoms with van der Waals surface area (Å²) in [5, 5.41) is 29.1. The van der Waals surface area contributed by atoms with Crippen LogP contribution in [0.15, 0.2) is 0 Å². The number of nitrogens with one attached hydrogen (secondary N) is 1. The minimum atomic E-state index is -0.305. The number of hydrogen-bond acceptors (Lipinski definition) is 7. The van der Waals surface area contributed by atoms with Crippen molar-refractivity contribution in [1.29, 1.82) is 0 Å². The highest BCUT2D eigenvalue weighted by atomic mass is 16.5. The molecule has 0 fully saturated rings. The smallest absolute Gasteiger partial charge is 0.305 e. The Hall–Kier alpha value is -1.22. The summed E-state index contributed by atoms with van der Waals surface area (Å²) in [6.45, 7) is 1.43. The summed E-state index contributed by atoms with van der Waals surface area (Å²) in [5.74, 6) is -0.439. The third kappa shape index (κ3) is 11.4. The minimum Gasteiger partial charge on any atom is -0.464 e. The second kappa shape index (κ2) is 14.7. The highest BCUT2D eigenvalue weighted by Crippen LogP contribution is 2.04. The molecule has 0 bridgehead atoms. The maximum absolute atomic E-state index is 11.8. The molecule has 0 rings (SSSR count). The number of nitrogens with zero attached hydrogens (tertiary/aromatic N) is 1. The number of carbonyl (C=O) groups is 2. The van der Waals surface area contributed by atoms with Gasteiger partial charge in [0.25, 0.3) is 0 Å². The number of hydrogen-bond donors (Lipinski definition) is 4. The van der Waals surface area contributed by atoms with Crippen molar-refractivity contribution in [3.8, 4) is 0 Å². The molecule has 0 saturated carbocycles. The molecule has 0 aliphatic carbocycles. The number of unbranched alkanes of at least 4 members (excludes halogenated alkanes) is 1. The lowest BCUT2D eigenvalue weighted by atomic mass is 10.2. The SMILES string of the molecule is O=C(CCCCC(=O)N(CCO)CCO)OCCNCCO. The van der Waals surface area contributed by atoms with Gasteiger partial charge in [-0.25, -0.2) is 0 Å². The van der Waals surface area contributed by atoms with E-state index in [0.29, 0.717) is 25.9 Å². The fraction of sp³-hybridized carbons (Fsp3) is 0.857. The minimum absolute atomic E-state index is 0.0472. The largest absolute Gasteiger partial charge is 0.464 e. The van der Waals surface area contributed by atoms with Gasteiger partial charge >= 0.3 is 5.97 Å². The van der Waals surface area contributed by atoms with Crippen LogP contribution in [-0.4, -0.2) is 84.7 Å². The highest BCUT2D eigenvalue weighted by molar-refractivity contribution is 5.76. The van der Waals surface area contributed by atoms with E-state index in [1.54, 1.807) is 0 Å². The van der Waals surface area contributed by atoms with E-state index in [-0.39, 0.29) is 64.2 Å². The van der Waals surface area contributed by atoms with Crippen LogP contribution < -0.4 is 5.32 Å². The number of carbonyl (C=O) groups excluding carboxylic acids is 2. The number of ether oxygens (including phenoxy) is 1. The number of rotatable bonds is 14. The van der Waals surface area contributed by atoms with Crippen LogP contribution in [0.4, 0.5) is 0 Å². The van der Waals surface area contributed by atoms with Crippen LogP contribution in [0.2, 0.25) is 0 Å². The number of esters is 1. The van der Waals surface area contributed by atoms with Crippen molar-refractivity contribution in [1.82, 2.24) is 10.2 Å². The van der Waals surface area contributed by atoms with Gasteiger partial charge < -0.3 is 30.3 Å². The second-order valence-corrected chi connectivity index (χ2v) is 4.73. The molecular weight excluding hydrogens is 292 g/mol. The number of aliphatic hydroxyl groups excluding tert-OH is 3. The zero-order valence-electron chi connectivity index (χ0n) is 13.0. The molecule has 0 saturated heterocycles. The number of aliphatic hydroxyl groups is 3. The van der Waals surface area contributed by atoms with E-state index in [1.807, 2.05) is 0 Å². The summed E-state index contributed by atoms with van der Waals surface area (Å²) >= 11 is 0. The lowest BCUT2D eigenvalue weighted by Gasteiger charge is -2.20. The van der Waals surface area contributed by atoms with Crippen LogP contribution in [0.25, 0.3) is 0 Å². The molecule has 0 aromatic heterocycles. The average molecular weight is 320 g/mol. The van der Waals surface area contributed by atoms with Gasteiger partial charge in [-0.15, -0.1) is 0 Å². The van der Waals surface area contributed by atoms with Gasteiger partial charge in [0.1, 0.15) is 6.61 Å². The molecule has 0 spiro atoms. The summed E-state index contributed by atoms with van der Waals surface area (Å²) in [5.41, 5.74) is 0. The van der Waals surface area contributed by atoms with Crippen LogP contribution in [0.3, 0.4) is 0 Å². The molecular formula is C14H28N2O6. The molecule has 8 nitrogen and oxygen atoms in total. The predicted molar refractivity (Wildman–Crippen MR) is 80.1 cm³/mol. The fourth-order valence-corrected chi connectivity index (χ4v) is 1.82. The van der Waals surface area contributed by atoms with Gasteiger partial charge in [-0.3, -0.25) is 9.59 Å². The van der Waals surface area contributed by atoms with Gasteiger partial charge in [-0.1, -0.05) is 0 Å². The summed E-state index contributed by atoms with van der Waals surface area (Å²) in [6, 6.07) is 0. The Morgan fingerprint density at radius 1 is 0.909 bits per heavy atom. The van der Waals surface area contributed by atoms with Gasteiger partial charge in [0.05, 0.1) is 19.8 Å². The first-order valence-electron chi connectivity index (χ1n) is 7.62. The Kier molecular flexibility index (Phi) is 13.9. The maximum atomic E-state index is 11.8. The number of amides is 1. The maximum Gasteiger partial charge on any atom is 0.305 e. The van der Waals surface area contributed by atoms with Crippen LogP contribution >= 0.6 is 0 Å². The van der Waals surface area contributed by atoms with Crippen molar-refractivity contribution in [2.45, 2.75) is 25.7 Å². The molecule has 0 aliphatic heterocycles. The van der Waals surface area contributed by atoms with E-state index in [0.717, 1.165) is 0 Å². The molecule has 1 amide bonds. The standard InChI is InChI=1S/C14H28N2O6/c17-9-5-15-6-12-22-14(21)4-2-1-3-13(20)16(7-10-18)8-11-19/h15,17-19H,1-12H2. The lowest BCUT2D eigenvalue weighted by Crippen LogP contribution is -2.35. The van der Waals surface area contributed by atoms with Gasteiger partial charge in [0, 0.05) is 39.0 Å². The third-order valence-electron chi connectivity index (χ3n) is 2.94. The molecule has 130 valence electrons. The average Bonchev–Trinajstić information content (AvgIpc) is 2.51. The van der Waals surface area contributed by atoms with Crippen LogP contribution in [0.5, 0.6) is 0 Å². The first-order chi connectivity index (χ1) is 10.7. The van der Waals surface area contributed by atoms with Crippen molar-refractivity contribution in [2.75, 3.05) is 52.6 Å². The summed E-state index contributed by atoms with van der Waals surface area (Å²) in [7, 11) is 0. The molecule has 0 radical (unpaired) electrons. The van der Waals surface area contributed by atoms with Crippen molar-refractivity contribution < 1.29 is 29.6 Å². The zero-order valence-corrected chi connectivity index (χ0v) is 13.0. The molecule has 8 heteroatoms. The van der Waals surface area contributed by atoms with E-state index in [2.05, 4.69) is 5.32 Å². The lowest BCUT2D eigenvalue weighted by molar-refractivity contribution is -0.143. The van der Waals surface area contributed by atoms with E-state index in [1.165, 1.54) is 4.90 Å². The van der Waals surface area contributed by atoms with Crippen LogP contribution in [0.1, 0.15) is 25.7 Å². The first-order valence-corrected chi connectivity index (χ1v) is 7.62. The summed E-state index contributed by atoms with van der Waals surface area (Å²) < 4.78 is 4.98. The summed E-state index contributed by atoms with van der Waals surface area (Å²) in [4.78, 5) is 24.6. The molecule has 4 N–H and O–H groups in total. The molecule has 0 heterocycles. The van der Waals surface area contributed by atoms with Gasteiger partial charge in [0.2, 0.25) is 5.91 Å². The Morgan fingerprint density at radius 2 is 1.55 bits per heavy atom. The normalized spacial score (nSPS) is 10.5. The monoisotopic (exact) mass is 320 g/mol. The van der Waals surface area contributed by atoms with Gasteiger partial charge in [-0.2, -0.15) is 0 Å². The summed E-state index contributed by atoms with van der Waals surface area (Å²) in [6.07, 6.45) is 1.66. The van der Waals surface area contributed by atoms with E-state index < -0.39 is 0 Å². The zero-order chi connectivity index (χ0) is 16.6. The molecule has 22 heavy (non-hydrogen) atoms. The van der Waals surface area contributed by atoms with Crippen molar-refractivity contribution in [3.05, 3.63) is 0 Å². The Morgan fingerprint density at radius 3 is 2.14 bits per heavy atom. The Bertz CT molecular complexity index is 295. The first kappa shape index (κ1) is 20.8. The predicted octanol–water partition coefficient (Wildman–Crippen LogP) is -1.51. The molecule has 0 aliphatic rings. The third-order valence-corrected chi connectivity index (χ3v) is 2.94. The van der Waals surface area contributed by atoms with Crippen molar-refractivity contribution in [3.63, 3.8) is 0 Å². The molecule has 0 unspecified atom stereocenters. The van der Waals surface area contributed by atoms with Crippen molar-refractivity contribution >= 4 is 11.9 Å². The van der Waals surface area contributed by atoms with E-state index in [9.17, 15) is 9.59 Å². The van der Waals surface area contributed by atoms with Crippen molar-refractivity contribution in [2.24, 2.45) is 0 Å². The fourth-order valence-electron chi connectivity index (χ4n) is 1.82. The van der Waals surface area contributed by atoms with Crippen LogP contribution in [0, 0.1) is 0 Å². The topological polar surface area (TPSA) is 119 Å². The van der Waals surface area contributed by atoms with E-state index in [4.69, 9.17) is 20.1 Å². The Labute approximate surface area is 131 Å². The quantitative estimate of drug-likeness (QED) is 0.227. The second-order valence-electron chi connectivity index (χ2n) is 4.73. The van der Waals surface area contributed by atoms with E-state index >= 15 is 0 Å². The Balaban J connectivity index is 3.64. The van der Waals surface area contributed by atoms with Gasteiger partial charge in [-0.05, 0) is 12.8 Å². The van der Waals surface area contributed by atoms with Gasteiger partial charge in [0.15, 0.2) is 0 Å². The molecule has 0 aromatic rings. The molecule has 0 aromatic carbocycles. The highest BCUT2D eigenvalue weighted by Gasteiger charge is 2.12. The molecule has 0 atom stereocenters.